The van der Waals surface area contributed by atoms with Crippen LogP contribution in [0.25, 0.3) is 10.9 Å². The molecular formula is C20H22N4O3. The number of nitro benzene ring substituents is 1. The number of rotatable bonds is 7. The molecule has 0 aliphatic rings. The fourth-order valence-electron chi connectivity index (χ4n) is 3.04. The molecule has 0 saturated carbocycles. The molecule has 0 saturated heterocycles. The summed E-state index contributed by atoms with van der Waals surface area (Å²) < 4.78 is 5.49. The third kappa shape index (κ3) is 4.15. The normalized spacial score (nSPS) is 12.1. The van der Waals surface area contributed by atoms with Crippen LogP contribution in [0.3, 0.4) is 0 Å². The SMILES string of the molecule is COc1ccccc1C(CNc1ccc2cc([N+](=O)[O-])ccc2n1)N(C)C. The van der Waals surface area contributed by atoms with Gasteiger partial charge in [0.1, 0.15) is 11.6 Å². The van der Waals surface area contributed by atoms with Crippen LogP contribution in [0.15, 0.2) is 54.6 Å². The Bertz CT molecular complexity index is 959. The predicted molar refractivity (Wildman–Crippen MR) is 106 cm³/mol. The van der Waals surface area contributed by atoms with Crippen molar-refractivity contribution >= 4 is 22.4 Å². The molecule has 7 nitrogen and oxygen atoms in total. The molecule has 3 aromatic rings. The minimum absolute atomic E-state index is 0.0638. The highest BCUT2D eigenvalue weighted by atomic mass is 16.6. The van der Waals surface area contributed by atoms with Gasteiger partial charge < -0.3 is 15.0 Å². The first-order valence-corrected chi connectivity index (χ1v) is 8.58. The number of nitro groups is 1. The summed E-state index contributed by atoms with van der Waals surface area (Å²) in [6, 6.07) is 16.4. The summed E-state index contributed by atoms with van der Waals surface area (Å²) in [5, 5.41) is 15.0. The Morgan fingerprint density at radius 2 is 1.96 bits per heavy atom. The molecule has 0 fully saturated rings. The number of ether oxygens (including phenoxy) is 1. The molecule has 7 heteroatoms. The highest BCUT2D eigenvalue weighted by Crippen LogP contribution is 2.28. The van der Waals surface area contributed by atoms with Crippen LogP contribution in [0, 0.1) is 10.1 Å². The van der Waals surface area contributed by atoms with E-state index in [4.69, 9.17) is 4.74 Å². The second kappa shape index (κ2) is 8.01. The van der Waals surface area contributed by atoms with Crippen molar-refractivity contribution in [2.24, 2.45) is 0 Å². The highest BCUT2D eigenvalue weighted by molar-refractivity contribution is 5.82. The number of methoxy groups -OCH3 is 1. The molecule has 1 unspecified atom stereocenters. The van der Waals surface area contributed by atoms with Gasteiger partial charge in [-0.2, -0.15) is 0 Å². The zero-order chi connectivity index (χ0) is 19.4. The van der Waals surface area contributed by atoms with E-state index in [1.165, 1.54) is 12.1 Å². The Labute approximate surface area is 157 Å². The van der Waals surface area contributed by atoms with Crippen LogP contribution in [-0.4, -0.2) is 42.6 Å². The van der Waals surface area contributed by atoms with Gasteiger partial charge in [-0.25, -0.2) is 4.98 Å². The number of nitrogens with one attached hydrogen (secondary N) is 1. The van der Waals surface area contributed by atoms with E-state index in [-0.39, 0.29) is 11.7 Å². The van der Waals surface area contributed by atoms with Crippen LogP contribution < -0.4 is 10.1 Å². The van der Waals surface area contributed by atoms with E-state index in [0.29, 0.717) is 12.1 Å². The average molecular weight is 366 g/mol. The topological polar surface area (TPSA) is 80.5 Å². The van der Waals surface area contributed by atoms with Crippen molar-refractivity contribution < 1.29 is 9.66 Å². The second-order valence-electron chi connectivity index (χ2n) is 6.43. The molecule has 0 amide bonds. The highest BCUT2D eigenvalue weighted by Gasteiger charge is 2.18. The molecule has 0 spiro atoms. The number of likely N-dealkylation sites (N-methyl/N-ethyl adjacent to an activating group) is 1. The molecule has 0 aliphatic heterocycles. The fourth-order valence-corrected chi connectivity index (χ4v) is 3.04. The van der Waals surface area contributed by atoms with Gasteiger partial charge in [-0.3, -0.25) is 10.1 Å². The Morgan fingerprint density at radius 1 is 1.19 bits per heavy atom. The number of fused-ring (bicyclic) bond motifs is 1. The molecule has 140 valence electrons. The summed E-state index contributed by atoms with van der Waals surface area (Å²) in [6.45, 7) is 0.638. The number of aromatic nitrogens is 1. The van der Waals surface area contributed by atoms with Gasteiger partial charge in [0.05, 0.1) is 23.6 Å². The number of nitrogens with zero attached hydrogens (tertiary/aromatic N) is 3. The van der Waals surface area contributed by atoms with Crippen molar-refractivity contribution in [1.29, 1.82) is 0 Å². The Kier molecular flexibility index (Phi) is 5.52. The first-order chi connectivity index (χ1) is 13.0. The van der Waals surface area contributed by atoms with Gasteiger partial charge >= 0.3 is 0 Å². The molecular weight excluding hydrogens is 344 g/mol. The lowest BCUT2D eigenvalue weighted by Gasteiger charge is -2.26. The van der Waals surface area contributed by atoms with E-state index >= 15 is 0 Å². The van der Waals surface area contributed by atoms with Gasteiger partial charge in [0.15, 0.2) is 0 Å². The Balaban J connectivity index is 1.81. The molecule has 0 radical (unpaired) electrons. The van der Waals surface area contributed by atoms with E-state index in [9.17, 15) is 10.1 Å². The van der Waals surface area contributed by atoms with Crippen molar-refractivity contribution in [2.75, 3.05) is 33.1 Å². The van der Waals surface area contributed by atoms with Crippen molar-refractivity contribution in [2.45, 2.75) is 6.04 Å². The minimum atomic E-state index is -0.402. The molecule has 1 heterocycles. The fraction of sp³-hybridized carbons (Fsp3) is 0.250. The van der Waals surface area contributed by atoms with Crippen molar-refractivity contribution in [3.63, 3.8) is 0 Å². The predicted octanol–water partition coefficient (Wildman–Crippen LogP) is 3.87. The molecule has 2 aromatic carbocycles. The van der Waals surface area contributed by atoms with Crippen LogP contribution in [0.1, 0.15) is 11.6 Å². The van der Waals surface area contributed by atoms with E-state index in [0.717, 1.165) is 22.5 Å². The molecule has 1 atom stereocenters. The minimum Gasteiger partial charge on any atom is -0.496 e. The van der Waals surface area contributed by atoms with Crippen molar-refractivity contribution in [1.82, 2.24) is 9.88 Å². The number of hydrogen-bond donors (Lipinski definition) is 1. The van der Waals surface area contributed by atoms with Crippen molar-refractivity contribution in [3.05, 3.63) is 70.3 Å². The van der Waals surface area contributed by atoms with Crippen LogP contribution in [-0.2, 0) is 0 Å². The number of pyridine rings is 1. The van der Waals surface area contributed by atoms with Crippen LogP contribution >= 0.6 is 0 Å². The smallest absolute Gasteiger partial charge is 0.270 e. The molecule has 0 aliphatic carbocycles. The first kappa shape index (κ1) is 18.6. The quantitative estimate of drug-likeness (QED) is 0.505. The zero-order valence-electron chi connectivity index (χ0n) is 15.5. The summed E-state index contributed by atoms with van der Waals surface area (Å²) in [4.78, 5) is 17.2. The largest absolute Gasteiger partial charge is 0.496 e. The maximum absolute atomic E-state index is 10.9. The number of para-hydroxylation sites is 1. The summed E-state index contributed by atoms with van der Waals surface area (Å²) in [7, 11) is 5.71. The van der Waals surface area contributed by atoms with Gasteiger partial charge in [0.2, 0.25) is 0 Å². The maximum Gasteiger partial charge on any atom is 0.270 e. The lowest BCUT2D eigenvalue weighted by atomic mass is 10.0. The van der Waals surface area contributed by atoms with Gasteiger partial charge in [0.25, 0.3) is 5.69 Å². The van der Waals surface area contributed by atoms with Gasteiger partial charge in [-0.1, -0.05) is 18.2 Å². The molecule has 3 rings (SSSR count). The summed E-state index contributed by atoms with van der Waals surface area (Å²) in [5.41, 5.74) is 1.87. The van der Waals surface area contributed by atoms with Crippen molar-refractivity contribution in [3.8, 4) is 5.75 Å². The lowest BCUT2D eigenvalue weighted by molar-refractivity contribution is -0.384. The molecule has 0 bridgehead atoms. The number of non-ortho nitro benzene ring substituents is 1. The maximum atomic E-state index is 10.9. The second-order valence-corrected chi connectivity index (χ2v) is 6.43. The van der Waals surface area contributed by atoms with E-state index in [2.05, 4.69) is 21.3 Å². The molecule has 27 heavy (non-hydrogen) atoms. The van der Waals surface area contributed by atoms with E-state index in [1.807, 2.05) is 44.4 Å². The number of benzene rings is 2. The summed E-state index contributed by atoms with van der Waals surface area (Å²) in [6.07, 6.45) is 0. The monoisotopic (exact) mass is 366 g/mol. The van der Waals surface area contributed by atoms with Gasteiger partial charge in [0, 0.05) is 29.6 Å². The van der Waals surface area contributed by atoms with Gasteiger partial charge in [-0.15, -0.1) is 0 Å². The molecule has 1 aromatic heterocycles. The van der Waals surface area contributed by atoms with Crippen LogP contribution in [0.2, 0.25) is 0 Å². The third-order valence-electron chi connectivity index (χ3n) is 4.48. The lowest BCUT2D eigenvalue weighted by Crippen LogP contribution is -2.27. The Morgan fingerprint density at radius 3 is 2.67 bits per heavy atom. The average Bonchev–Trinajstić information content (AvgIpc) is 2.67. The summed E-state index contributed by atoms with van der Waals surface area (Å²) in [5.74, 6) is 1.56. The standard InChI is InChI=1S/C20H22N4O3/c1-23(2)18(16-6-4-5-7-19(16)27-3)13-21-20-11-8-14-12-15(24(25)26)9-10-17(14)22-20/h4-12,18H,13H2,1-3H3,(H,21,22). The third-order valence-corrected chi connectivity index (χ3v) is 4.48. The van der Waals surface area contributed by atoms with E-state index < -0.39 is 4.92 Å². The molecule has 1 N–H and O–H groups in total. The van der Waals surface area contributed by atoms with Gasteiger partial charge in [-0.05, 0) is 38.4 Å². The van der Waals surface area contributed by atoms with Crippen LogP contribution in [0.4, 0.5) is 11.5 Å². The first-order valence-electron chi connectivity index (χ1n) is 8.58. The van der Waals surface area contributed by atoms with E-state index in [1.54, 1.807) is 13.2 Å². The zero-order valence-corrected chi connectivity index (χ0v) is 15.5. The Hall–Kier alpha value is -3.19. The number of anilines is 1. The number of hydrogen-bond acceptors (Lipinski definition) is 6. The van der Waals surface area contributed by atoms with Crippen LogP contribution in [0.5, 0.6) is 5.75 Å². The summed E-state index contributed by atoms with van der Waals surface area (Å²) >= 11 is 0.